The number of unbranched alkanes of at least 4 members (excludes halogenated alkanes) is 1. The van der Waals surface area contributed by atoms with Gasteiger partial charge in [-0.2, -0.15) is 0 Å². The van der Waals surface area contributed by atoms with Crippen LogP contribution in [0.1, 0.15) is 53.9 Å². The molecule has 0 aromatic rings. The van der Waals surface area contributed by atoms with Crippen LogP contribution >= 0.6 is 15.9 Å². The second kappa shape index (κ2) is 3.48. The molecular formula is C12H23BrO. The van der Waals surface area contributed by atoms with Crippen LogP contribution in [0.5, 0.6) is 0 Å². The lowest BCUT2D eigenvalue weighted by molar-refractivity contribution is 0.135. The number of hydrogen-bond acceptors (Lipinski definition) is 1. The summed E-state index contributed by atoms with van der Waals surface area (Å²) in [6, 6.07) is 0. The molecular weight excluding hydrogens is 240 g/mol. The molecule has 1 nitrogen and oxygen atoms in total. The largest absolute Gasteiger partial charge is 0.392 e. The molecule has 0 amide bonds. The smallest absolute Gasteiger partial charge is 0.0704 e. The molecule has 1 saturated carbocycles. The SMILES string of the molecule is CCCCC(O)C1(Br)C(C)(C)C1(C)C. The van der Waals surface area contributed by atoms with E-state index in [2.05, 4.69) is 50.5 Å². The minimum Gasteiger partial charge on any atom is -0.392 e. The van der Waals surface area contributed by atoms with Crippen LogP contribution in [0.3, 0.4) is 0 Å². The van der Waals surface area contributed by atoms with E-state index in [1.54, 1.807) is 0 Å². The van der Waals surface area contributed by atoms with Crippen molar-refractivity contribution in [3.8, 4) is 0 Å². The summed E-state index contributed by atoms with van der Waals surface area (Å²) in [6.45, 7) is 11.1. The molecule has 1 rings (SSSR count). The van der Waals surface area contributed by atoms with Crippen LogP contribution in [0.2, 0.25) is 0 Å². The van der Waals surface area contributed by atoms with E-state index >= 15 is 0 Å². The first kappa shape index (κ1) is 12.5. The van der Waals surface area contributed by atoms with Crippen LogP contribution < -0.4 is 0 Å². The van der Waals surface area contributed by atoms with Crippen LogP contribution in [0, 0.1) is 10.8 Å². The first-order chi connectivity index (χ1) is 6.23. The number of halogens is 1. The van der Waals surface area contributed by atoms with Gasteiger partial charge in [-0.15, -0.1) is 0 Å². The Morgan fingerprint density at radius 1 is 1.14 bits per heavy atom. The van der Waals surface area contributed by atoms with Gasteiger partial charge in [-0.05, 0) is 17.3 Å². The third-order valence-corrected chi connectivity index (χ3v) is 7.12. The number of hydrogen-bond donors (Lipinski definition) is 1. The van der Waals surface area contributed by atoms with E-state index in [0.29, 0.717) is 0 Å². The average Bonchev–Trinajstić information content (AvgIpc) is 2.41. The van der Waals surface area contributed by atoms with Gasteiger partial charge < -0.3 is 5.11 Å². The predicted octanol–water partition coefficient (Wildman–Crippen LogP) is 3.74. The zero-order chi connectivity index (χ0) is 11.2. The normalized spacial score (nSPS) is 28.5. The fraction of sp³-hybridized carbons (Fsp3) is 1.00. The van der Waals surface area contributed by atoms with E-state index in [-0.39, 0.29) is 21.3 Å². The topological polar surface area (TPSA) is 20.2 Å². The molecule has 14 heavy (non-hydrogen) atoms. The van der Waals surface area contributed by atoms with E-state index in [9.17, 15) is 5.11 Å². The Hall–Kier alpha value is 0.440. The molecule has 0 radical (unpaired) electrons. The van der Waals surface area contributed by atoms with Crippen LogP contribution in [-0.4, -0.2) is 15.5 Å². The zero-order valence-corrected chi connectivity index (χ0v) is 11.6. The summed E-state index contributed by atoms with van der Waals surface area (Å²) in [7, 11) is 0. The van der Waals surface area contributed by atoms with E-state index in [4.69, 9.17) is 0 Å². The first-order valence-electron chi connectivity index (χ1n) is 5.60. The monoisotopic (exact) mass is 262 g/mol. The molecule has 0 aromatic heterocycles. The summed E-state index contributed by atoms with van der Waals surface area (Å²) in [4.78, 5) is 0. The standard InChI is InChI=1S/C12H23BrO/c1-6-7-8-9(14)12(13)10(2,3)11(12,4)5/h9,14H,6-8H2,1-5H3. The molecule has 0 aliphatic heterocycles. The van der Waals surface area contributed by atoms with Gasteiger partial charge in [0.05, 0.1) is 10.4 Å². The Balaban J connectivity index is 2.70. The highest BCUT2D eigenvalue weighted by molar-refractivity contribution is 9.10. The molecule has 0 bridgehead atoms. The lowest BCUT2D eigenvalue weighted by Crippen LogP contribution is -2.28. The second-order valence-electron chi connectivity index (χ2n) is 5.62. The van der Waals surface area contributed by atoms with Crippen molar-refractivity contribution in [1.82, 2.24) is 0 Å². The van der Waals surface area contributed by atoms with Crippen molar-refractivity contribution in [2.24, 2.45) is 10.8 Å². The Morgan fingerprint density at radius 2 is 1.57 bits per heavy atom. The fourth-order valence-corrected chi connectivity index (χ4v) is 3.84. The molecule has 1 fully saturated rings. The van der Waals surface area contributed by atoms with Crippen LogP contribution in [0.15, 0.2) is 0 Å². The van der Waals surface area contributed by atoms with Crippen LogP contribution in [-0.2, 0) is 0 Å². The third-order valence-electron chi connectivity index (χ3n) is 4.61. The molecule has 1 unspecified atom stereocenters. The highest BCUT2D eigenvalue weighted by atomic mass is 79.9. The molecule has 1 aliphatic rings. The van der Waals surface area contributed by atoms with E-state index in [1.807, 2.05) is 0 Å². The van der Waals surface area contributed by atoms with Gasteiger partial charge in [0.15, 0.2) is 0 Å². The molecule has 0 heterocycles. The summed E-state index contributed by atoms with van der Waals surface area (Å²) in [5.41, 5.74) is 0.375. The fourth-order valence-electron chi connectivity index (χ4n) is 2.72. The van der Waals surface area contributed by atoms with Crippen molar-refractivity contribution < 1.29 is 5.11 Å². The molecule has 0 saturated heterocycles. The van der Waals surface area contributed by atoms with Crippen molar-refractivity contribution in [1.29, 1.82) is 0 Å². The summed E-state index contributed by atoms with van der Waals surface area (Å²) in [5, 5.41) is 10.2. The van der Waals surface area contributed by atoms with E-state index < -0.39 is 0 Å². The van der Waals surface area contributed by atoms with Gasteiger partial charge in [0, 0.05) is 0 Å². The summed E-state index contributed by atoms with van der Waals surface area (Å²) >= 11 is 3.78. The van der Waals surface area contributed by atoms with Gasteiger partial charge in [0.25, 0.3) is 0 Å². The van der Waals surface area contributed by atoms with Crippen molar-refractivity contribution in [3.63, 3.8) is 0 Å². The van der Waals surface area contributed by atoms with Gasteiger partial charge >= 0.3 is 0 Å². The Labute approximate surface area is 96.4 Å². The maximum atomic E-state index is 10.2. The summed E-state index contributed by atoms with van der Waals surface area (Å²) < 4.78 is -0.0812. The number of rotatable bonds is 4. The quantitative estimate of drug-likeness (QED) is 0.766. The maximum absolute atomic E-state index is 10.2. The Kier molecular flexibility index (Phi) is 3.11. The van der Waals surface area contributed by atoms with Gasteiger partial charge in [-0.1, -0.05) is 63.4 Å². The number of aliphatic hydroxyl groups excluding tert-OH is 1. The maximum Gasteiger partial charge on any atom is 0.0704 e. The minimum atomic E-state index is -0.215. The molecule has 84 valence electrons. The molecule has 1 N–H and O–H groups in total. The third kappa shape index (κ3) is 1.30. The van der Waals surface area contributed by atoms with Gasteiger partial charge in [-0.25, -0.2) is 0 Å². The number of alkyl halides is 1. The zero-order valence-electron chi connectivity index (χ0n) is 10.0. The van der Waals surface area contributed by atoms with Crippen molar-refractivity contribution in [3.05, 3.63) is 0 Å². The van der Waals surface area contributed by atoms with E-state index in [0.717, 1.165) is 19.3 Å². The lowest BCUT2D eigenvalue weighted by Gasteiger charge is -2.21. The summed E-state index contributed by atoms with van der Waals surface area (Å²) in [5.74, 6) is 0. The Morgan fingerprint density at radius 3 is 1.86 bits per heavy atom. The average molecular weight is 263 g/mol. The minimum absolute atomic E-state index is 0.0812. The Bertz CT molecular complexity index is 206. The van der Waals surface area contributed by atoms with Crippen molar-refractivity contribution >= 4 is 15.9 Å². The predicted molar refractivity (Wildman–Crippen MR) is 64.8 cm³/mol. The highest BCUT2D eigenvalue weighted by Crippen LogP contribution is 2.77. The molecule has 0 spiro atoms. The van der Waals surface area contributed by atoms with Gasteiger partial charge in [0.2, 0.25) is 0 Å². The molecule has 1 aliphatic carbocycles. The van der Waals surface area contributed by atoms with Crippen LogP contribution in [0.4, 0.5) is 0 Å². The van der Waals surface area contributed by atoms with Crippen LogP contribution in [0.25, 0.3) is 0 Å². The molecule has 1 atom stereocenters. The summed E-state index contributed by atoms with van der Waals surface area (Å²) in [6.07, 6.45) is 2.96. The van der Waals surface area contributed by atoms with E-state index in [1.165, 1.54) is 0 Å². The van der Waals surface area contributed by atoms with Gasteiger partial charge in [0.1, 0.15) is 0 Å². The highest BCUT2D eigenvalue weighted by Gasteiger charge is 2.78. The molecule has 0 aromatic carbocycles. The number of aliphatic hydroxyl groups is 1. The van der Waals surface area contributed by atoms with Gasteiger partial charge in [-0.3, -0.25) is 0 Å². The van der Waals surface area contributed by atoms with Crippen molar-refractivity contribution in [2.45, 2.75) is 64.3 Å². The first-order valence-corrected chi connectivity index (χ1v) is 6.39. The lowest BCUT2D eigenvalue weighted by atomic mass is 10.0. The second-order valence-corrected chi connectivity index (χ2v) is 6.87. The molecule has 2 heteroatoms. The van der Waals surface area contributed by atoms with Crippen molar-refractivity contribution in [2.75, 3.05) is 0 Å².